The Morgan fingerprint density at radius 2 is 1.49 bits per heavy atom. The number of hydrogen-bond acceptors (Lipinski definition) is 4. The molecule has 11 heteroatoms. The van der Waals surface area contributed by atoms with Crippen LogP contribution < -0.4 is 16.0 Å². The van der Waals surface area contributed by atoms with Gasteiger partial charge in [0.15, 0.2) is 0 Å². The number of anilines is 2. The third kappa shape index (κ3) is 8.97. The van der Waals surface area contributed by atoms with Gasteiger partial charge in [0.05, 0.1) is 10.8 Å². The van der Waals surface area contributed by atoms with Crippen LogP contribution in [0.5, 0.6) is 0 Å². The number of halogens is 4. The third-order valence-electron chi connectivity index (χ3n) is 5.99. The summed E-state index contributed by atoms with van der Waals surface area (Å²) in [6.45, 7) is 1.63. The van der Waals surface area contributed by atoms with Crippen molar-refractivity contribution in [3.8, 4) is 0 Å². The molecule has 3 N–H and O–H groups in total. The van der Waals surface area contributed by atoms with E-state index in [1.54, 1.807) is 85.8 Å². The van der Waals surface area contributed by atoms with Crippen molar-refractivity contribution in [2.24, 2.45) is 0 Å². The molecule has 0 aliphatic heterocycles. The number of nitrogens with one attached hydrogen (secondary N) is 3. The van der Waals surface area contributed by atoms with Crippen LogP contribution in [0.1, 0.15) is 28.4 Å². The summed E-state index contributed by atoms with van der Waals surface area (Å²) < 4.78 is 38.9. The highest BCUT2D eigenvalue weighted by atomic mass is 35.5. The fourth-order valence-corrected chi connectivity index (χ4v) is 4.84. The molecule has 1 atom stereocenters. The van der Waals surface area contributed by atoms with E-state index in [1.807, 2.05) is 0 Å². The molecule has 0 spiro atoms. The van der Waals surface area contributed by atoms with Crippen LogP contribution in [0.3, 0.4) is 0 Å². The minimum atomic E-state index is -4.52. The van der Waals surface area contributed by atoms with Gasteiger partial charge >= 0.3 is 6.18 Å². The number of alkyl halides is 3. The number of carbonyl (C=O) groups is 3. The predicted octanol–water partition coefficient (Wildman–Crippen LogP) is 7.89. The highest BCUT2D eigenvalue weighted by Crippen LogP contribution is 2.31. The summed E-state index contributed by atoms with van der Waals surface area (Å²) in [5.41, 5.74) is 0.493. The minimum absolute atomic E-state index is 0.0275. The maximum atomic E-state index is 13.2. The van der Waals surface area contributed by atoms with Gasteiger partial charge in [-0.1, -0.05) is 54.1 Å². The average molecular weight is 624 g/mol. The van der Waals surface area contributed by atoms with Gasteiger partial charge in [-0.25, -0.2) is 0 Å². The molecule has 43 heavy (non-hydrogen) atoms. The topological polar surface area (TPSA) is 87.3 Å². The minimum Gasteiger partial charge on any atom is -0.325 e. The summed E-state index contributed by atoms with van der Waals surface area (Å²) in [4.78, 5) is 39.4. The molecule has 1 unspecified atom stereocenters. The van der Waals surface area contributed by atoms with E-state index in [-0.39, 0.29) is 11.4 Å². The van der Waals surface area contributed by atoms with Crippen molar-refractivity contribution in [1.82, 2.24) is 5.32 Å². The predicted molar refractivity (Wildman–Crippen MR) is 164 cm³/mol. The molecule has 0 saturated carbocycles. The highest BCUT2D eigenvalue weighted by Gasteiger charge is 2.30. The largest absolute Gasteiger partial charge is 0.416 e. The lowest BCUT2D eigenvalue weighted by molar-refractivity contribution is -0.137. The first-order chi connectivity index (χ1) is 20.5. The lowest BCUT2D eigenvalue weighted by atomic mass is 10.1. The number of rotatable bonds is 9. The Bertz CT molecular complexity index is 1650. The van der Waals surface area contributed by atoms with Crippen LogP contribution in [0.15, 0.2) is 114 Å². The fourth-order valence-electron chi connectivity index (χ4n) is 3.78. The molecule has 4 aromatic carbocycles. The molecule has 4 aromatic rings. The summed E-state index contributed by atoms with van der Waals surface area (Å²) in [5, 5.41) is 7.67. The zero-order valence-corrected chi connectivity index (χ0v) is 24.2. The molecule has 3 amide bonds. The third-order valence-corrected chi connectivity index (χ3v) is 7.44. The molecule has 0 bridgehead atoms. The van der Waals surface area contributed by atoms with E-state index in [1.165, 1.54) is 30.0 Å². The summed E-state index contributed by atoms with van der Waals surface area (Å²) in [5.74, 6) is -1.53. The van der Waals surface area contributed by atoms with Crippen LogP contribution in [0.4, 0.5) is 24.5 Å². The lowest BCUT2D eigenvalue weighted by Gasteiger charge is -2.14. The number of carbonyl (C=O) groups excluding carboxylic acids is 3. The Labute approximate surface area is 255 Å². The second kappa shape index (κ2) is 14.1. The van der Waals surface area contributed by atoms with Crippen molar-refractivity contribution in [3.05, 3.63) is 131 Å². The van der Waals surface area contributed by atoms with Gasteiger partial charge < -0.3 is 16.0 Å². The van der Waals surface area contributed by atoms with Crippen molar-refractivity contribution in [2.45, 2.75) is 23.2 Å². The van der Waals surface area contributed by atoms with Crippen molar-refractivity contribution in [3.63, 3.8) is 0 Å². The molecule has 220 valence electrons. The van der Waals surface area contributed by atoms with Gasteiger partial charge in [-0.05, 0) is 79.2 Å². The van der Waals surface area contributed by atoms with Gasteiger partial charge in [-0.3, -0.25) is 14.4 Å². The van der Waals surface area contributed by atoms with Gasteiger partial charge in [-0.2, -0.15) is 13.2 Å². The van der Waals surface area contributed by atoms with E-state index in [9.17, 15) is 27.6 Å². The van der Waals surface area contributed by atoms with Crippen LogP contribution in [0.25, 0.3) is 6.08 Å². The van der Waals surface area contributed by atoms with E-state index in [2.05, 4.69) is 16.0 Å². The van der Waals surface area contributed by atoms with Gasteiger partial charge in [-0.15, -0.1) is 11.8 Å². The number of hydrogen-bond donors (Lipinski definition) is 3. The van der Waals surface area contributed by atoms with Gasteiger partial charge in [0.2, 0.25) is 5.91 Å². The summed E-state index contributed by atoms with van der Waals surface area (Å²) in [7, 11) is 0. The monoisotopic (exact) mass is 623 g/mol. The summed E-state index contributed by atoms with van der Waals surface area (Å²) >= 11 is 7.47. The van der Waals surface area contributed by atoms with Gasteiger partial charge in [0, 0.05) is 26.9 Å². The summed E-state index contributed by atoms with van der Waals surface area (Å²) in [6.07, 6.45) is -3.04. The van der Waals surface area contributed by atoms with E-state index in [0.29, 0.717) is 26.7 Å². The Morgan fingerprint density at radius 1 is 0.814 bits per heavy atom. The summed E-state index contributed by atoms with van der Waals surface area (Å²) in [6, 6.07) is 26.4. The molecule has 0 aliphatic carbocycles. The second-order valence-corrected chi connectivity index (χ2v) is 11.0. The molecular formula is C32H25ClF3N3O3S. The maximum Gasteiger partial charge on any atom is 0.416 e. The number of thioether (sulfide) groups is 1. The maximum absolute atomic E-state index is 13.2. The molecular weight excluding hydrogens is 599 g/mol. The van der Waals surface area contributed by atoms with Crippen LogP contribution in [-0.4, -0.2) is 23.0 Å². The first-order valence-corrected chi connectivity index (χ1v) is 14.1. The smallest absolute Gasteiger partial charge is 0.325 e. The highest BCUT2D eigenvalue weighted by molar-refractivity contribution is 8.00. The molecule has 0 fully saturated rings. The Kier molecular flexibility index (Phi) is 10.3. The standard InChI is InChI=1S/C32H25ClF3N3O3S/c1-20(29(40)38-25-12-7-11-23(19-25)32(34,35)36)43-26-16-14-24(15-17-26)37-31(42)28(18-22-10-5-6-13-27(22)33)39-30(41)21-8-3-2-4-9-21/h2-20H,1H3,(H,37,42)(H,38,40)(H,39,41)/b28-18-. The molecule has 4 rings (SSSR count). The number of amides is 3. The second-order valence-electron chi connectivity index (χ2n) is 9.21. The molecule has 0 radical (unpaired) electrons. The normalized spacial score (nSPS) is 12.3. The van der Waals surface area contributed by atoms with E-state index in [4.69, 9.17) is 11.6 Å². The van der Waals surface area contributed by atoms with Gasteiger partial charge in [0.1, 0.15) is 5.70 Å². The Hall–Kier alpha value is -4.54. The van der Waals surface area contributed by atoms with Crippen LogP contribution >= 0.6 is 23.4 Å². The molecule has 6 nitrogen and oxygen atoms in total. The number of benzene rings is 4. The van der Waals surface area contributed by atoms with E-state index >= 15 is 0 Å². The van der Waals surface area contributed by atoms with Crippen LogP contribution in [0.2, 0.25) is 5.02 Å². The van der Waals surface area contributed by atoms with Crippen molar-refractivity contribution in [1.29, 1.82) is 0 Å². The quantitative estimate of drug-likeness (QED) is 0.131. The first kappa shape index (κ1) is 31.4. The molecule has 0 saturated heterocycles. The Balaban J connectivity index is 1.42. The first-order valence-electron chi connectivity index (χ1n) is 12.9. The van der Waals surface area contributed by atoms with E-state index < -0.39 is 34.7 Å². The van der Waals surface area contributed by atoms with Gasteiger partial charge in [0.25, 0.3) is 11.8 Å². The van der Waals surface area contributed by atoms with Crippen molar-refractivity contribution < 1.29 is 27.6 Å². The van der Waals surface area contributed by atoms with Crippen molar-refractivity contribution >= 4 is 58.5 Å². The zero-order chi connectivity index (χ0) is 31.0. The van der Waals surface area contributed by atoms with Crippen LogP contribution in [0, 0.1) is 0 Å². The SMILES string of the molecule is CC(Sc1ccc(NC(=O)/C(=C/c2ccccc2Cl)NC(=O)c2ccccc2)cc1)C(=O)Nc1cccc(C(F)(F)F)c1. The molecule has 0 aliphatic rings. The molecule has 0 aromatic heterocycles. The zero-order valence-electron chi connectivity index (χ0n) is 22.6. The molecule has 0 heterocycles. The van der Waals surface area contributed by atoms with Crippen LogP contribution in [-0.2, 0) is 15.8 Å². The van der Waals surface area contributed by atoms with E-state index in [0.717, 1.165) is 12.1 Å². The lowest BCUT2D eigenvalue weighted by Crippen LogP contribution is -2.30. The fraction of sp³-hybridized carbons (Fsp3) is 0.0938. The van der Waals surface area contributed by atoms with Crippen molar-refractivity contribution in [2.75, 3.05) is 10.6 Å². The Morgan fingerprint density at radius 3 is 2.16 bits per heavy atom. The average Bonchev–Trinajstić information content (AvgIpc) is 2.99.